The molecule has 0 rings (SSSR count). The summed E-state index contributed by atoms with van der Waals surface area (Å²) >= 11 is 4.28. The van der Waals surface area contributed by atoms with Gasteiger partial charge in [0.25, 0.3) is 0 Å². The lowest BCUT2D eigenvalue weighted by Crippen LogP contribution is -2.33. The molecular formula is C11H23NO2S. The van der Waals surface area contributed by atoms with E-state index in [0.29, 0.717) is 11.8 Å². The van der Waals surface area contributed by atoms with Crippen LogP contribution in [0.25, 0.3) is 0 Å². The number of amides is 1. The van der Waals surface area contributed by atoms with Crippen molar-refractivity contribution in [2.75, 3.05) is 6.54 Å². The quantitative estimate of drug-likeness (QED) is 0.566. The second-order valence-corrected chi connectivity index (χ2v) is 5.66. The zero-order valence-corrected chi connectivity index (χ0v) is 11.1. The third-order valence-corrected chi connectivity index (χ3v) is 1.98. The molecule has 0 saturated carbocycles. The Labute approximate surface area is 98.4 Å². The first-order valence-electron chi connectivity index (χ1n) is 5.46. The van der Waals surface area contributed by atoms with Crippen molar-refractivity contribution in [2.24, 2.45) is 0 Å². The highest BCUT2D eigenvalue weighted by atomic mass is 32.1. The molecule has 1 unspecified atom stereocenters. The van der Waals surface area contributed by atoms with Crippen LogP contribution in [0.3, 0.4) is 0 Å². The molecule has 0 heterocycles. The number of thiol groups is 1. The molecule has 3 nitrogen and oxygen atoms in total. The fourth-order valence-electron chi connectivity index (χ4n) is 1.07. The van der Waals surface area contributed by atoms with Crippen molar-refractivity contribution in [1.29, 1.82) is 0 Å². The summed E-state index contributed by atoms with van der Waals surface area (Å²) in [7, 11) is 0. The van der Waals surface area contributed by atoms with Gasteiger partial charge in [-0.2, -0.15) is 12.6 Å². The first-order valence-corrected chi connectivity index (χ1v) is 5.98. The Hall–Kier alpha value is -0.380. The molecule has 0 aliphatic rings. The summed E-state index contributed by atoms with van der Waals surface area (Å²) in [6.45, 7) is 8.32. The monoisotopic (exact) mass is 233 g/mol. The van der Waals surface area contributed by atoms with Crippen molar-refractivity contribution >= 4 is 18.7 Å². The zero-order valence-electron chi connectivity index (χ0n) is 10.2. The summed E-state index contributed by atoms with van der Waals surface area (Å²) in [4.78, 5) is 11.2. The van der Waals surface area contributed by atoms with Crippen LogP contribution < -0.4 is 5.32 Å². The molecule has 0 aliphatic heterocycles. The van der Waals surface area contributed by atoms with E-state index < -0.39 is 5.60 Å². The van der Waals surface area contributed by atoms with Gasteiger partial charge in [-0.15, -0.1) is 0 Å². The van der Waals surface area contributed by atoms with Gasteiger partial charge < -0.3 is 10.1 Å². The van der Waals surface area contributed by atoms with E-state index in [1.54, 1.807) is 0 Å². The van der Waals surface area contributed by atoms with E-state index in [4.69, 9.17) is 4.74 Å². The lowest BCUT2D eigenvalue weighted by atomic mass is 10.2. The summed E-state index contributed by atoms with van der Waals surface area (Å²) in [6, 6.07) is 0. The minimum Gasteiger partial charge on any atom is -0.444 e. The molecule has 0 fully saturated rings. The van der Waals surface area contributed by atoms with Gasteiger partial charge in [-0.3, -0.25) is 0 Å². The van der Waals surface area contributed by atoms with Crippen molar-refractivity contribution < 1.29 is 9.53 Å². The molecular weight excluding hydrogens is 210 g/mol. The third-order valence-electron chi connectivity index (χ3n) is 1.72. The van der Waals surface area contributed by atoms with Crippen molar-refractivity contribution in [2.45, 2.75) is 57.8 Å². The van der Waals surface area contributed by atoms with Gasteiger partial charge in [-0.25, -0.2) is 4.79 Å². The number of carbonyl (C=O) groups excluding carboxylic acids is 1. The molecule has 1 N–H and O–H groups in total. The standard InChI is InChI=1S/C11H23NO2S/c1-9(15)7-5-6-8-12-10(13)14-11(2,3)4/h9,15H,5-8H2,1-4H3,(H,12,13). The maximum Gasteiger partial charge on any atom is 0.407 e. The average molecular weight is 233 g/mol. The number of alkyl carbamates (subject to hydrolysis) is 1. The Balaban J connectivity index is 3.40. The highest BCUT2D eigenvalue weighted by molar-refractivity contribution is 7.80. The van der Waals surface area contributed by atoms with Gasteiger partial charge in [0, 0.05) is 6.54 Å². The van der Waals surface area contributed by atoms with Crippen LogP contribution in [0.4, 0.5) is 4.79 Å². The van der Waals surface area contributed by atoms with Gasteiger partial charge in [0.05, 0.1) is 0 Å². The second-order valence-electron chi connectivity index (χ2n) is 4.77. The molecule has 1 amide bonds. The molecule has 0 aliphatic carbocycles. The SMILES string of the molecule is CC(S)CCCCNC(=O)OC(C)(C)C. The molecule has 0 aromatic rings. The fourth-order valence-corrected chi connectivity index (χ4v) is 1.25. The van der Waals surface area contributed by atoms with E-state index in [-0.39, 0.29) is 6.09 Å². The molecule has 15 heavy (non-hydrogen) atoms. The van der Waals surface area contributed by atoms with Crippen molar-refractivity contribution in [1.82, 2.24) is 5.32 Å². The minimum absolute atomic E-state index is 0.332. The van der Waals surface area contributed by atoms with Crippen LogP contribution in [0, 0.1) is 0 Å². The predicted octanol–water partition coefficient (Wildman–Crippen LogP) is 3.00. The maximum atomic E-state index is 11.2. The lowest BCUT2D eigenvalue weighted by molar-refractivity contribution is 0.0527. The molecule has 4 heteroatoms. The van der Waals surface area contributed by atoms with Gasteiger partial charge in [0.2, 0.25) is 0 Å². The number of ether oxygens (including phenoxy) is 1. The number of nitrogens with one attached hydrogen (secondary N) is 1. The minimum atomic E-state index is -0.413. The Bertz CT molecular complexity index is 188. The third kappa shape index (κ3) is 11.5. The first kappa shape index (κ1) is 14.6. The Morgan fingerprint density at radius 3 is 2.47 bits per heavy atom. The van der Waals surface area contributed by atoms with E-state index in [9.17, 15) is 4.79 Å². The van der Waals surface area contributed by atoms with E-state index in [2.05, 4.69) is 24.9 Å². The Kier molecular flexibility index (Phi) is 6.81. The zero-order chi connectivity index (χ0) is 11.9. The molecule has 0 radical (unpaired) electrons. The summed E-state index contributed by atoms with van der Waals surface area (Å²) in [5, 5.41) is 3.16. The van der Waals surface area contributed by atoms with E-state index in [0.717, 1.165) is 19.3 Å². The van der Waals surface area contributed by atoms with Crippen LogP contribution in [0.15, 0.2) is 0 Å². The second kappa shape index (κ2) is 6.99. The number of carbonyl (C=O) groups is 1. The van der Waals surface area contributed by atoms with E-state index in [1.807, 2.05) is 20.8 Å². The highest BCUT2D eigenvalue weighted by Crippen LogP contribution is 2.07. The summed E-state index contributed by atoms with van der Waals surface area (Å²) in [5.74, 6) is 0. The van der Waals surface area contributed by atoms with Gasteiger partial charge in [-0.1, -0.05) is 13.3 Å². The van der Waals surface area contributed by atoms with Crippen LogP contribution in [-0.4, -0.2) is 23.5 Å². The molecule has 0 aromatic carbocycles. The van der Waals surface area contributed by atoms with Crippen LogP contribution in [0.2, 0.25) is 0 Å². The molecule has 0 saturated heterocycles. The van der Waals surface area contributed by atoms with Crippen molar-refractivity contribution in [3.63, 3.8) is 0 Å². The Morgan fingerprint density at radius 1 is 1.40 bits per heavy atom. The van der Waals surface area contributed by atoms with Crippen LogP contribution in [0.1, 0.15) is 47.0 Å². The van der Waals surface area contributed by atoms with Gasteiger partial charge in [0.1, 0.15) is 5.60 Å². The van der Waals surface area contributed by atoms with E-state index >= 15 is 0 Å². The average Bonchev–Trinajstić information content (AvgIpc) is 1.99. The predicted molar refractivity (Wildman–Crippen MR) is 66.5 cm³/mol. The van der Waals surface area contributed by atoms with Crippen LogP contribution >= 0.6 is 12.6 Å². The molecule has 0 bridgehead atoms. The van der Waals surface area contributed by atoms with Crippen molar-refractivity contribution in [3.05, 3.63) is 0 Å². The number of hydrogen-bond donors (Lipinski definition) is 2. The summed E-state index contributed by atoms with van der Waals surface area (Å²) in [6.07, 6.45) is 2.81. The largest absolute Gasteiger partial charge is 0.444 e. The fraction of sp³-hybridized carbons (Fsp3) is 0.909. The smallest absolute Gasteiger partial charge is 0.407 e. The summed E-state index contributed by atoms with van der Waals surface area (Å²) in [5.41, 5.74) is -0.413. The number of hydrogen-bond acceptors (Lipinski definition) is 3. The molecule has 0 spiro atoms. The molecule has 0 aromatic heterocycles. The lowest BCUT2D eigenvalue weighted by Gasteiger charge is -2.19. The molecule has 1 atom stereocenters. The maximum absolute atomic E-state index is 11.2. The normalized spacial score (nSPS) is 13.4. The summed E-state index contributed by atoms with van der Waals surface area (Å²) < 4.78 is 5.10. The van der Waals surface area contributed by atoms with Crippen LogP contribution in [0.5, 0.6) is 0 Å². The number of unbranched alkanes of at least 4 members (excludes halogenated alkanes) is 1. The first-order chi connectivity index (χ1) is 6.81. The van der Waals surface area contributed by atoms with Gasteiger partial charge in [0.15, 0.2) is 0 Å². The van der Waals surface area contributed by atoms with Gasteiger partial charge in [-0.05, 0) is 38.9 Å². The van der Waals surface area contributed by atoms with E-state index in [1.165, 1.54) is 0 Å². The number of rotatable bonds is 5. The topological polar surface area (TPSA) is 38.3 Å². The highest BCUT2D eigenvalue weighted by Gasteiger charge is 2.15. The van der Waals surface area contributed by atoms with Crippen LogP contribution in [-0.2, 0) is 4.74 Å². The molecule has 90 valence electrons. The van der Waals surface area contributed by atoms with Gasteiger partial charge >= 0.3 is 6.09 Å². The van der Waals surface area contributed by atoms with Crippen molar-refractivity contribution in [3.8, 4) is 0 Å². The Morgan fingerprint density at radius 2 is 2.00 bits per heavy atom.